The molecule has 30 heavy (non-hydrogen) atoms. The Morgan fingerprint density at radius 1 is 1.20 bits per heavy atom. The molecule has 10 heteroatoms. The minimum atomic E-state index is -0.768. The van der Waals surface area contributed by atoms with Gasteiger partial charge in [-0.2, -0.15) is 4.98 Å². The van der Waals surface area contributed by atoms with Crippen LogP contribution < -0.4 is 4.74 Å². The van der Waals surface area contributed by atoms with Gasteiger partial charge in [0.25, 0.3) is 0 Å². The minimum Gasteiger partial charge on any atom is -0.468 e. The van der Waals surface area contributed by atoms with Gasteiger partial charge in [-0.15, -0.1) is 0 Å². The zero-order valence-corrected chi connectivity index (χ0v) is 16.9. The molecule has 0 aromatic carbocycles. The molecule has 3 aromatic heterocycles. The molecule has 156 valence electrons. The lowest BCUT2D eigenvalue weighted by Crippen LogP contribution is -2.32. The van der Waals surface area contributed by atoms with Gasteiger partial charge in [-0.1, -0.05) is 0 Å². The number of β-amino-alcohol motifs (C(OH)–C–C–N with tert-alkyl or cyclic N) is 1. The Labute approximate surface area is 173 Å². The Morgan fingerprint density at radius 2 is 1.97 bits per heavy atom. The maximum atomic E-state index is 12.3. The van der Waals surface area contributed by atoms with Gasteiger partial charge in [-0.3, -0.25) is 4.79 Å². The molecule has 2 unspecified atom stereocenters. The summed E-state index contributed by atoms with van der Waals surface area (Å²) in [6, 6.07) is 0. The summed E-state index contributed by atoms with van der Waals surface area (Å²) in [5, 5.41) is 10.4. The summed E-state index contributed by atoms with van der Waals surface area (Å²) in [7, 11) is 0. The van der Waals surface area contributed by atoms with Crippen LogP contribution in [0.15, 0.2) is 18.7 Å². The molecule has 3 aromatic rings. The third kappa shape index (κ3) is 3.26. The lowest BCUT2D eigenvalue weighted by Gasteiger charge is -2.16. The van der Waals surface area contributed by atoms with E-state index in [0.717, 1.165) is 18.4 Å². The number of aromatic nitrogens is 6. The number of rotatable bonds is 5. The second-order valence-electron chi connectivity index (χ2n) is 7.79. The smallest absolute Gasteiger partial charge is 0.245 e. The molecule has 5 rings (SSSR count). The molecule has 2 fully saturated rings. The Kier molecular flexibility index (Phi) is 4.58. The van der Waals surface area contributed by atoms with Crippen LogP contribution in [0.4, 0.5) is 0 Å². The molecule has 2 atom stereocenters. The van der Waals surface area contributed by atoms with Crippen LogP contribution in [0.5, 0.6) is 5.88 Å². The molecule has 1 saturated carbocycles. The van der Waals surface area contributed by atoms with Crippen molar-refractivity contribution < 1.29 is 14.6 Å². The number of likely N-dealkylation sites (tertiary alicyclic amines) is 1. The molecule has 0 bridgehead atoms. The lowest BCUT2D eigenvalue weighted by atomic mass is 10.2. The molecule has 1 saturated heterocycles. The van der Waals surface area contributed by atoms with E-state index >= 15 is 0 Å². The molecule has 1 aliphatic heterocycles. The average Bonchev–Trinajstić information content (AvgIpc) is 3.44. The molecule has 4 heterocycles. The first-order valence-electron chi connectivity index (χ1n) is 10.2. The van der Waals surface area contributed by atoms with Crippen LogP contribution in [0.25, 0.3) is 22.6 Å². The fourth-order valence-electron chi connectivity index (χ4n) is 3.81. The van der Waals surface area contributed by atoms with Crippen molar-refractivity contribution in [2.24, 2.45) is 5.92 Å². The van der Waals surface area contributed by atoms with Crippen molar-refractivity contribution in [3.63, 3.8) is 0 Å². The van der Waals surface area contributed by atoms with Crippen LogP contribution in [-0.4, -0.2) is 70.7 Å². The monoisotopic (exact) mass is 409 g/mol. The number of carbonyl (C=O) groups is 1. The molecular weight excluding hydrogens is 386 g/mol. The highest BCUT2D eigenvalue weighted by Gasteiger charge is 2.41. The van der Waals surface area contributed by atoms with Crippen molar-refractivity contribution in [3.05, 3.63) is 24.5 Å². The van der Waals surface area contributed by atoms with Crippen molar-refractivity contribution in [1.82, 2.24) is 34.4 Å². The van der Waals surface area contributed by atoms with Crippen molar-refractivity contribution in [1.29, 1.82) is 0 Å². The first kappa shape index (κ1) is 18.9. The van der Waals surface area contributed by atoms with Gasteiger partial charge in [0, 0.05) is 24.9 Å². The van der Waals surface area contributed by atoms with E-state index in [0.29, 0.717) is 41.8 Å². The minimum absolute atomic E-state index is 0.102. The summed E-state index contributed by atoms with van der Waals surface area (Å²) in [6.07, 6.45) is 5.43. The summed E-state index contributed by atoms with van der Waals surface area (Å²) in [4.78, 5) is 35.9. The van der Waals surface area contributed by atoms with E-state index in [-0.39, 0.29) is 18.4 Å². The molecule has 1 aliphatic carbocycles. The highest BCUT2D eigenvalue weighted by atomic mass is 16.5. The van der Waals surface area contributed by atoms with E-state index in [1.54, 1.807) is 17.3 Å². The average molecular weight is 409 g/mol. The van der Waals surface area contributed by atoms with E-state index in [1.165, 1.54) is 6.33 Å². The summed E-state index contributed by atoms with van der Waals surface area (Å²) in [6.45, 7) is 5.10. The van der Waals surface area contributed by atoms with E-state index in [4.69, 9.17) is 9.72 Å². The third-order valence-corrected chi connectivity index (χ3v) is 5.59. The first-order chi connectivity index (χ1) is 14.5. The Morgan fingerprint density at radius 3 is 2.67 bits per heavy atom. The van der Waals surface area contributed by atoms with E-state index in [2.05, 4.69) is 19.9 Å². The van der Waals surface area contributed by atoms with Crippen LogP contribution in [0.1, 0.15) is 25.6 Å². The molecule has 2 aliphatic rings. The first-order valence-corrected chi connectivity index (χ1v) is 10.2. The maximum Gasteiger partial charge on any atom is 0.245 e. The summed E-state index contributed by atoms with van der Waals surface area (Å²) < 4.78 is 8.00. The lowest BCUT2D eigenvalue weighted by molar-refractivity contribution is -0.132. The van der Waals surface area contributed by atoms with Crippen LogP contribution in [-0.2, 0) is 11.3 Å². The highest BCUT2D eigenvalue weighted by Crippen LogP contribution is 2.33. The van der Waals surface area contributed by atoms with Gasteiger partial charge >= 0.3 is 0 Å². The molecule has 1 N–H and O–H groups in total. The number of carbonyl (C=O) groups excluding carboxylic acids is 1. The van der Waals surface area contributed by atoms with Crippen molar-refractivity contribution in [3.8, 4) is 17.3 Å². The Hall–Kier alpha value is -3.14. The third-order valence-electron chi connectivity index (χ3n) is 5.59. The van der Waals surface area contributed by atoms with Crippen molar-refractivity contribution in [2.45, 2.75) is 45.4 Å². The van der Waals surface area contributed by atoms with E-state index in [1.807, 2.05) is 18.4 Å². The normalized spacial score (nSPS) is 21.4. The van der Waals surface area contributed by atoms with Gasteiger partial charge < -0.3 is 19.3 Å². The molecule has 0 radical (unpaired) electrons. The fraction of sp³-hybridized carbons (Fsp3) is 0.500. The maximum absolute atomic E-state index is 12.3. The van der Waals surface area contributed by atoms with Crippen molar-refractivity contribution in [2.75, 3.05) is 13.1 Å². The number of fused-ring (bicyclic) bond motifs is 1. The van der Waals surface area contributed by atoms with Crippen molar-refractivity contribution >= 4 is 17.1 Å². The standard InChI is InChI=1S/C20H23N7O3/c1-3-27-17(13-6-21-11(2)22-7-13)25-16-18(27)23-10-24-19(16)30-15-9-26(8-14(15)28)20(29)12-4-5-12/h6-7,10,12,14-15,28H,3-5,8-9H2,1-2H3. The molecule has 10 nitrogen and oxygen atoms in total. The number of imidazole rings is 1. The topological polar surface area (TPSA) is 119 Å². The van der Waals surface area contributed by atoms with Gasteiger partial charge in [0.05, 0.1) is 18.7 Å². The number of amides is 1. The van der Waals surface area contributed by atoms with E-state index in [9.17, 15) is 9.90 Å². The number of hydrogen-bond acceptors (Lipinski definition) is 8. The largest absolute Gasteiger partial charge is 0.468 e. The number of aryl methyl sites for hydroxylation is 2. The zero-order valence-electron chi connectivity index (χ0n) is 16.9. The second-order valence-corrected chi connectivity index (χ2v) is 7.79. The predicted molar refractivity (Wildman–Crippen MR) is 106 cm³/mol. The molecule has 1 amide bonds. The highest BCUT2D eigenvalue weighted by molar-refractivity contribution is 5.82. The molecular formula is C20H23N7O3. The second kappa shape index (κ2) is 7.28. The van der Waals surface area contributed by atoms with Crippen LogP contribution >= 0.6 is 0 Å². The van der Waals surface area contributed by atoms with Gasteiger partial charge in [0.15, 0.2) is 11.2 Å². The number of nitrogens with zero attached hydrogens (tertiary/aromatic N) is 7. The van der Waals surface area contributed by atoms with E-state index < -0.39 is 12.2 Å². The number of ether oxygens (including phenoxy) is 1. The zero-order chi connectivity index (χ0) is 20.8. The summed E-state index contributed by atoms with van der Waals surface area (Å²) in [5.74, 6) is 1.87. The van der Waals surface area contributed by atoms with Crippen LogP contribution in [0, 0.1) is 12.8 Å². The SMILES string of the molecule is CCn1c(-c2cnc(C)nc2)nc2c(OC3CN(C(=O)C4CC4)CC3O)ncnc21. The Bertz CT molecular complexity index is 1090. The van der Waals surface area contributed by atoms with Gasteiger partial charge in [-0.25, -0.2) is 19.9 Å². The van der Waals surface area contributed by atoms with Crippen LogP contribution in [0.2, 0.25) is 0 Å². The number of aliphatic hydroxyl groups is 1. The quantitative estimate of drug-likeness (QED) is 0.662. The van der Waals surface area contributed by atoms with Gasteiger partial charge in [-0.05, 0) is 26.7 Å². The van der Waals surface area contributed by atoms with Gasteiger partial charge in [0.1, 0.15) is 30.2 Å². The Balaban J connectivity index is 1.46. The summed E-state index contributed by atoms with van der Waals surface area (Å²) in [5.41, 5.74) is 1.92. The molecule has 0 spiro atoms. The number of hydrogen-bond donors (Lipinski definition) is 1. The van der Waals surface area contributed by atoms with Crippen LogP contribution in [0.3, 0.4) is 0 Å². The summed E-state index contributed by atoms with van der Waals surface area (Å²) >= 11 is 0. The van der Waals surface area contributed by atoms with Gasteiger partial charge in [0.2, 0.25) is 11.8 Å². The fourth-order valence-corrected chi connectivity index (χ4v) is 3.81. The number of aliphatic hydroxyl groups excluding tert-OH is 1. The predicted octanol–water partition coefficient (Wildman–Crippen LogP) is 0.972.